The van der Waals surface area contributed by atoms with Crippen molar-refractivity contribution in [3.8, 4) is 5.75 Å². The maximum atomic E-state index is 10.8. The van der Waals surface area contributed by atoms with Crippen LogP contribution in [0.2, 0.25) is 5.02 Å². The number of rotatable bonds is 4. The van der Waals surface area contributed by atoms with Crippen LogP contribution in [-0.4, -0.2) is 25.6 Å². The van der Waals surface area contributed by atoms with Crippen molar-refractivity contribution in [3.05, 3.63) is 28.8 Å². The van der Waals surface area contributed by atoms with E-state index in [2.05, 4.69) is 0 Å². The molecule has 1 saturated heterocycles. The number of hydrogen-bond donors (Lipinski definition) is 0. The summed E-state index contributed by atoms with van der Waals surface area (Å²) in [5, 5.41) is 0.534. The molecule has 0 spiro atoms. The molecule has 86 valence electrons. The minimum atomic E-state index is 0.148. The van der Waals surface area contributed by atoms with Crippen molar-refractivity contribution in [3.63, 3.8) is 0 Å². The Kier molecular flexibility index (Phi) is 3.80. The van der Waals surface area contributed by atoms with Crippen LogP contribution >= 0.6 is 11.6 Å². The Morgan fingerprint density at radius 2 is 2.44 bits per heavy atom. The zero-order chi connectivity index (χ0) is 11.4. The van der Waals surface area contributed by atoms with Crippen LogP contribution in [0.4, 0.5) is 0 Å². The first-order valence-corrected chi connectivity index (χ1v) is 5.66. The van der Waals surface area contributed by atoms with Crippen LogP contribution in [0.15, 0.2) is 18.2 Å². The number of aldehydes is 1. The Morgan fingerprint density at radius 1 is 1.56 bits per heavy atom. The van der Waals surface area contributed by atoms with Crippen molar-refractivity contribution in [2.24, 2.45) is 0 Å². The van der Waals surface area contributed by atoms with Crippen LogP contribution in [0.5, 0.6) is 5.75 Å². The van der Waals surface area contributed by atoms with Gasteiger partial charge in [0.2, 0.25) is 0 Å². The van der Waals surface area contributed by atoms with Crippen LogP contribution in [0, 0.1) is 0 Å². The monoisotopic (exact) mass is 240 g/mol. The van der Waals surface area contributed by atoms with Gasteiger partial charge in [0.05, 0.1) is 11.7 Å². The van der Waals surface area contributed by atoms with Crippen LogP contribution in [-0.2, 0) is 4.74 Å². The maximum Gasteiger partial charge on any atom is 0.153 e. The van der Waals surface area contributed by atoms with Crippen molar-refractivity contribution < 1.29 is 14.3 Å². The molecule has 0 radical (unpaired) electrons. The fraction of sp³-hybridized carbons (Fsp3) is 0.417. The summed E-state index contributed by atoms with van der Waals surface area (Å²) in [6.07, 6.45) is 2.99. The number of hydrogen-bond acceptors (Lipinski definition) is 3. The van der Waals surface area contributed by atoms with Gasteiger partial charge in [0, 0.05) is 11.6 Å². The molecule has 16 heavy (non-hydrogen) atoms. The molecule has 1 aliphatic heterocycles. The van der Waals surface area contributed by atoms with E-state index in [9.17, 15) is 4.79 Å². The van der Waals surface area contributed by atoms with Crippen LogP contribution in [0.1, 0.15) is 23.2 Å². The molecule has 2 rings (SSSR count). The quantitative estimate of drug-likeness (QED) is 0.759. The average molecular weight is 241 g/mol. The zero-order valence-electron chi connectivity index (χ0n) is 8.82. The lowest BCUT2D eigenvalue weighted by atomic mass is 10.2. The van der Waals surface area contributed by atoms with Gasteiger partial charge in [-0.1, -0.05) is 11.6 Å². The second-order valence-electron chi connectivity index (χ2n) is 3.75. The van der Waals surface area contributed by atoms with Gasteiger partial charge in [-0.15, -0.1) is 0 Å². The molecule has 0 N–H and O–H groups in total. The Morgan fingerprint density at radius 3 is 3.12 bits per heavy atom. The number of carbonyl (C=O) groups excluding carboxylic acids is 1. The van der Waals surface area contributed by atoms with Crippen LogP contribution < -0.4 is 4.74 Å². The lowest BCUT2D eigenvalue weighted by Crippen LogP contribution is -2.16. The third-order valence-corrected chi connectivity index (χ3v) is 2.78. The van der Waals surface area contributed by atoms with Crippen molar-refractivity contribution in [2.75, 3.05) is 13.2 Å². The molecule has 1 aromatic rings. The van der Waals surface area contributed by atoms with E-state index in [0.29, 0.717) is 22.9 Å². The Labute approximate surface area is 99.3 Å². The Bertz CT molecular complexity index is 373. The van der Waals surface area contributed by atoms with Gasteiger partial charge in [0.1, 0.15) is 12.4 Å². The first-order chi connectivity index (χ1) is 7.79. The van der Waals surface area contributed by atoms with Gasteiger partial charge in [0.25, 0.3) is 0 Å². The molecule has 0 bridgehead atoms. The summed E-state index contributed by atoms with van der Waals surface area (Å²) < 4.78 is 11.0. The number of ether oxygens (including phenoxy) is 2. The lowest BCUT2D eigenvalue weighted by Gasteiger charge is -2.12. The predicted octanol–water partition coefficient (Wildman–Crippen LogP) is 2.71. The highest BCUT2D eigenvalue weighted by Crippen LogP contribution is 2.22. The molecule has 1 aliphatic rings. The van der Waals surface area contributed by atoms with Crippen LogP contribution in [0.3, 0.4) is 0 Å². The summed E-state index contributed by atoms with van der Waals surface area (Å²) in [7, 11) is 0. The van der Waals surface area contributed by atoms with Crippen LogP contribution in [0.25, 0.3) is 0 Å². The molecule has 0 saturated carbocycles. The predicted molar refractivity (Wildman–Crippen MR) is 61.3 cm³/mol. The van der Waals surface area contributed by atoms with E-state index in [4.69, 9.17) is 21.1 Å². The SMILES string of the molecule is O=Cc1cc(Cl)ccc1OC[C@@H]1CCCO1. The van der Waals surface area contributed by atoms with E-state index in [1.807, 2.05) is 0 Å². The highest BCUT2D eigenvalue weighted by atomic mass is 35.5. The molecule has 0 aromatic heterocycles. The fourth-order valence-electron chi connectivity index (χ4n) is 1.70. The largest absolute Gasteiger partial charge is 0.490 e. The second kappa shape index (κ2) is 5.32. The summed E-state index contributed by atoms with van der Waals surface area (Å²) in [6, 6.07) is 5.01. The summed E-state index contributed by atoms with van der Waals surface area (Å²) >= 11 is 5.78. The van der Waals surface area contributed by atoms with Gasteiger partial charge in [-0.25, -0.2) is 0 Å². The first kappa shape index (κ1) is 11.4. The fourth-order valence-corrected chi connectivity index (χ4v) is 1.88. The van der Waals surface area contributed by atoms with Gasteiger partial charge in [-0.05, 0) is 31.0 Å². The Hall–Kier alpha value is -1.06. The molecule has 0 unspecified atom stereocenters. The normalized spacial score (nSPS) is 19.7. The van der Waals surface area contributed by atoms with E-state index in [1.54, 1.807) is 18.2 Å². The average Bonchev–Trinajstić information content (AvgIpc) is 2.80. The van der Waals surface area contributed by atoms with Gasteiger partial charge >= 0.3 is 0 Å². The summed E-state index contributed by atoms with van der Waals surface area (Å²) in [5.41, 5.74) is 0.477. The molecular formula is C12H13ClO3. The highest BCUT2D eigenvalue weighted by Gasteiger charge is 2.16. The molecule has 1 aromatic carbocycles. The van der Waals surface area contributed by atoms with Gasteiger partial charge in [-0.3, -0.25) is 4.79 Å². The first-order valence-electron chi connectivity index (χ1n) is 5.29. The maximum absolute atomic E-state index is 10.8. The molecular weight excluding hydrogens is 228 g/mol. The minimum Gasteiger partial charge on any atom is -0.490 e. The van der Waals surface area contributed by atoms with E-state index in [0.717, 1.165) is 25.7 Å². The Balaban J connectivity index is 1.99. The van der Waals surface area contributed by atoms with E-state index in [-0.39, 0.29) is 6.10 Å². The zero-order valence-corrected chi connectivity index (χ0v) is 9.57. The highest BCUT2D eigenvalue weighted by molar-refractivity contribution is 6.30. The minimum absolute atomic E-state index is 0.148. The summed E-state index contributed by atoms with van der Waals surface area (Å²) in [4.78, 5) is 10.8. The van der Waals surface area contributed by atoms with Crippen molar-refractivity contribution >= 4 is 17.9 Å². The third-order valence-electron chi connectivity index (χ3n) is 2.55. The molecule has 1 fully saturated rings. The molecule has 1 atom stereocenters. The molecule has 3 nitrogen and oxygen atoms in total. The van der Waals surface area contributed by atoms with E-state index in [1.165, 1.54) is 0 Å². The lowest BCUT2D eigenvalue weighted by molar-refractivity contribution is 0.0675. The molecule has 1 heterocycles. The van der Waals surface area contributed by atoms with Gasteiger partial charge < -0.3 is 9.47 Å². The number of halogens is 1. The van der Waals surface area contributed by atoms with Gasteiger partial charge in [-0.2, -0.15) is 0 Å². The number of benzene rings is 1. The molecule has 4 heteroatoms. The van der Waals surface area contributed by atoms with Crippen molar-refractivity contribution in [1.29, 1.82) is 0 Å². The molecule has 0 amide bonds. The van der Waals surface area contributed by atoms with Crippen molar-refractivity contribution in [1.82, 2.24) is 0 Å². The molecule has 0 aliphatic carbocycles. The topological polar surface area (TPSA) is 35.5 Å². The second-order valence-corrected chi connectivity index (χ2v) is 4.18. The van der Waals surface area contributed by atoms with E-state index >= 15 is 0 Å². The van der Waals surface area contributed by atoms with E-state index < -0.39 is 0 Å². The third kappa shape index (κ3) is 2.74. The van der Waals surface area contributed by atoms with Gasteiger partial charge in [0.15, 0.2) is 6.29 Å². The standard InChI is InChI=1S/C12H13ClO3/c13-10-3-4-12(9(6-10)7-14)16-8-11-2-1-5-15-11/h3-4,6-7,11H,1-2,5,8H2/t11-/m0/s1. The smallest absolute Gasteiger partial charge is 0.153 e. The van der Waals surface area contributed by atoms with Crippen molar-refractivity contribution in [2.45, 2.75) is 18.9 Å². The summed E-state index contributed by atoms with van der Waals surface area (Å²) in [5.74, 6) is 0.565. The number of carbonyl (C=O) groups is 1. The summed E-state index contributed by atoms with van der Waals surface area (Å²) in [6.45, 7) is 1.29.